The van der Waals surface area contributed by atoms with Gasteiger partial charge in [-0.3, -0.25) is 0 Å². The van der Waals surface area contributed by atoms with Gasteiger partial charge in [-0.1, -0.05) is 71.8 Å². The lowest BCUT2D eigenvalue weighted by Crippen LogP contribution is -2.33. The number of halogens is 1. The van der Waals surface area contributed by atoms with E-state index in [-0.39, 0.29) is 12.3 Å². The van der Waals surface area contributed by atoms with Gasteiger partial charge in [-0.2, -0.15) is 5.10 Å². The maximum Gasteiger partial charge on any atom is 0.213 e. The molecule has 2 atom stereocenters. The lowest BCUT2D eigenvalue weighted by atomic mass is 9.96. The first-order valence-electron chi connectivity index (χ1n) is 9.13. The summed E-state index contributed by atoms with van der Waals surface area (Å²) in [7, 11) is 0. The first kappa shape index (κ1) is 16.4. The van der Waals surface area contributed by atoms with Crippen molar-refractivity contribution >= 4 is 17.3 Å². The maximum atomic E-state index is 6.37. The Morgan fingerprint density at radius 2 is 1.78 bits per heavy atom. The Bertz CT molecular complexity index is 1010. The highest BCUT2D eigenvalue weighted by Crippen LogP contribution is 2.48. The summed E-state index contributed by atoms with van der Waals surface area (Å²) < 4.78 is 6.37. The van der Waals surface area contributed by atoms with Crippen LogP contribution in [-0.2, 0) is 0 Å². The van der Waals surface area contributed by atoms with Crippen LogP contribution in [0.25, 0.3) is 0 Å². The van der Waals surface area contributed by atoms with Gasteiger partial charge in [0.05, 0.1) is 11.8 Å². The van der Waals surface area contributed by atoms with Crippen LogP contribution in [-0.4, -0.2) is 10.7 Å². The van der Waals surface area contributed by atoms with Gasteiger partial charge in [0, 0.05) is 22.6 Å². The van der Waals surface area contributed by atoms with Gasteiger partial charge in [0.15, 0.2) is 0 Å². The summed E-state index contributed by atoms with van der Waals surface area (Å²) in [5.41, 5.74) is 5.66. The number of fused-ring (bicyclic) bond motifs is 3. The molecule has 3 aromatic rings. The number of hydrogen-bond donors (Lipinski definition) is 0. The van der Waals surface area contributed by atoms with Crippen molar-refractivity contribution in [2.24, 2.45) is 5.10 Å². The molecular formula is C23H19ClN2O. The average Bonchev–Trinajstić information content (AvgIpc) is 3.15. The van der Waals surface area contributed by atoms with Crippen LogP contribution in [0.4, 0.5) is 0 Å². The standard InChI is InChI=1S/C23H19ClN2O/c1-15-7-9-17(10-8-15)23-26-21(19-13-18(24)11-12-22(19)27-23)14-20(25-26)16-5-3-2-4-6-16/h2-13,21,23H,14H2,1H3/t21-,23-/m1/s1. The molecule has 0 amide bonds. The van der Waals surface area contributed by atoms with E-state index in [4.69, 9.17) is 21.4 Å². The molecule has 2 aliphatic rings. The number of nitrogens with zero attached hydrogens (tertiary/aromatic N) is 2. The van der Waals surface area contributed by atoms with E-state index >= 15 is 0 Å². The predicted molar refractivity (Wildman–Crippen MR) is 108 cm³/mol. The van der Waals surface area contributed by atoms with E-state index in [1.54, 1.807) is 0 Å². The first-order valence-corrected chi connectivity index (χ1v) is 9.51. The Morgan fingerprint density at radius 3 is 2.56 bits per heavy atom. The van der Waals surface area contributed by atoms with Crippen LogP contribution in [0, 0.1) is 6.92 Å². The third-order valence-electron chi connectivity index (χ3n) is 5.22. The van der Waals surface area contributed by atoms with Gasteiger partial charge in [0.25, 0.3) is 0 Å². The molecule has 27 heavy (non-hydrogen) atoms. The first-order chi connectivity index (χ1) is 13.2. The molecular weight excluding hydrogens is 356 g/mol. The molecule has 0 radical (unpaired) electrons. The molecule has 3 aromatic carbocycles. The zero-order valence-electron chi connectivity index (χ0n) is 15.0. The summed E-state index contributed by atoms with van der Waals surface area (Å²) in [5, 5.41) is 7.78. The largest absolute Gasteiger partial charge is 0.464 e. The average molecular weight is 375 g/mol. The third-order valence-corrected chi connectivity index (χ3v) is 5.46. The monoisotopic (exact) mass is 374 g/mol. The molecule has 0 saturated carbocycles. The molecule has 134 valence electrons. The fourth-order valence-electron chi connectivity index (χ4n) is 3.81. The topological polar surface area (TPSA) is 24.8 Å². The number of hydrazone groups is 1. The van der Waals surface area contributed by atoms with Crippen molar-refractivity contribution in [2.45, 2.75) is 25.6 Å². The second-order valence-electron chi connectivity index (χ2n) is 7.08. The van der Waals surface area contributed by atoms with Crippen LogP contribution in [0.1, 0.15) is 40.9 Å². The number of ether oxygens (including phenoxy) is 1. The van der Waals surface area contributed by atoms with E-state index in [2.05, 4.69) is 48.3 Å². The Labute approximate surface area is 163 Å². The van der Waals surface area contributed by atoms with Crippen molar-refractivity contribution in [1.82, 2.24) is 5.01 Å². The van der Waals surface area contributed by atoms with Crippen LogP contribution >= 0.6 is 11.6 Å². The van der Waals surface area contributed by atoms with Gasteiger partial charge in [0.1, 0.15) is 5.75 Å². The Hall–Kier alpha value is -2.78. The van der Waals surface area contributed by atoms with E-state index < -0.39 is 0 Å². The Morgan fingerprint density at radius 1 is 1.00 bits per heavy atom. The number of hydrogen-bond acceptors (Lipinski definition) is 3. The highest BCUT2D eigenvalue weighted by atomic mass is 35.5. The van der Waals surface area contributed by atoms with Crippen molar-refractivity contribution in [2.75, 3.05) is 0 Å². The van der Waals surface area contributed by atoms with E-state index in [9.17, 15) is 0 Å². The molecule has 0 N–H and O–H groups in total. The molecule has 0 bridgehead atoms. The van der Waals surface area contributed by atoms with E-state index in [0.29, 0.717) is 0 Å². The Kier molecular flexibility index (Phi) is 3.91. The molecule has 2 aliphatic heterocycles. The molecule has 2 heterocycles. The van der Waals surface area contributed by atoms with Crippen LogP contribution in [0.2, 0.25) is 5.02 Å². The van der Waals surface area contributed by atoms with Crippen molar-refractivity contribution in [3.8, 4) is 5.75 Å². The van der Waals surface area contributed by atoms with Crippen LogP contribution in [0.5, 0.6) is 5.75 Å². The van der Waals surface area contributed by atoms with Gasteiger partial charge < -0.3 is 4.74 Å². The highest BCUT2D eigenvalue weighted by Gasteiger charge is 2.41. The van der Waals surface area contributed by atoms with E-state index in [1.165, 1.54) is 5.56 Å². The molecule has 0 unspecified atom stereocenters. The number of rotatable bonds is 2. The maximum absolute atomic E-state index is 6.37. The van der Waals surface area contributed by atoms with Crippen LogP contribution < -0.4 is 4.74 Å². The highest BCUT2D eigenvalue weighted by molar-refractivity contribution is 6.30. The SMILES string of the molecule is Cc1ccc([C@H]2Oc3ccc(Cl)cc3[C@H]3CC(c4ccccc4)=NN32)cc1. The molecule has 0 saturated heterocycles. The summed E-state index contributed by atoms with van der Waals surface area (Å²) in [6, 6.07) is 24.8. The smallest absolute Gasteiger partial charge is 0.213 e. The van der Waals surface area contributed by atoms with Crippen molar-refractivity contribution in [1.29, 1.82) is 0 Å². The number of benzene rings is 3. The fourth-order valence-corrected chi connectivity index (χ4v) is 3.99. The summed E-state index contributed by atoms with van der Waals surface area (Å²) in [6.07, 6.45) is 0.591. The second kappa shape index (κ2) is 6.43. The van der Waals surface area contributed by atoms with E-state index in [1.807, 2.05) is 36.4 Å². The molecule has 3 nitrogen and oxygen atoms in total. The zero-order chi connectivity index (χ0) is 18.4. The lowest BCUT2D eigenvalue weighted by molar-refractivity contribution is -0.0190. The predicted octanol–water partition coefficient (Wildman–Crippen LogP) is 5.89. The van der Waals surface area contributed by atoms with Gasteiger partial charge in [-0.05, 0) is 30.7 Å². The normalized spacial score (nSPS) is 20.5. The summed E-state index contributed by atoms with van der Waals surface area (Å²) in [6.45, 7) is 2.09. The van der Waals surface area contributed by atoms with Crippen LogP contribution in [0.15, 0.2) is 77.9 Å². The molecule has 0 aromatic heterocycles. The van der Waals surface area contributed by atoms with Crippen molar-refractivity contribution < 1.29 is 4.74 Å². The van der Waals surface area contributed by atoms with Gasteiger partial charge in [-0.25, -0.2) is 5.01 Å². The molecule has 0 fully saturated rings. The summed E-state index contributed by atoms with van der Waals surface area (Å²) in [5.74, 6) is 0.885. The third kappa shape index (κ3) is 2.88. The van der Waals surface area contributed by atoms with E-state index in [0.717, 1.165) is 39.6 Å². The number of aryl methyl sites for hydroxylation is 1. The van der Waals surface area contributed by atoms with Crippen LogP contribution in [0.3, 0.4) is 0 Å². The van der Waals surface area contributed by atoms with Crippen molar-refractivity contribution in [3.05, 3.63) is 100 Å². The van der Waals surface area contributed by atoms with Gasteiger partial charge >= 0.3 is 0 Å². The molecule has 5 rings (SSSR count). The Balaban J connectivity index is 1.61. The lowest BCUT2D eigenvalue weighted by Gasteiger charge is -2.38. The minimum absolute atomic E-state index is 0.119. The van der Waals surface area contributed by atoms with Crippen molar-refractivity contribution in [3.63, 3.8) is 0 Å². The minimum atomic E-state index is -0.245. The fraction of sp³-hybridized carbons (Fsp3) is 0.174. The minimum Gasteiger partial charge on any atom is -0.464 e. The van der Waals surface area contributed by atoms with Gasteiger partial charge in [0.2, 0.25) is 6.23 Å². The second-order valence-corrected chi connectivity index (χ2v) is 7.51. The molecule has 0 spiro atoms. The summed E-state index contributed by atoms with van der Waals surface area (Å²) in [4.78, 5) is 0. The quantitative estimate of drug-likeness (QED) is 0.558. The molecule has 0 aliphatic carbocycles. The summed E-state index contributed by atoms with van der Waals surface area (Å²) >= 11 is 6.28. The zero-order valence-corrected chi connectivity index (χ0v) is 15.7. The molecule has 4 heteroatoms. The van der Waals surface area contributed by atoms with Gasteiger partial charge in [-0.15, -0.1) is 0 Å².